The molecule has 0 saturated carbocycles. The van der Waals surface area contributed by atoms with Crippen LogP contribution in [-0.2, 0) is 13.6 Å². The number of aryl methyl sites for hydroxylation is 1. The molecule has 2 rings (SSSR count). The molecule has 1 N–H and O–H groups in total. The van der Waals surface area contributed by atoms with Crippen molar-refractivity contribution >= 4 is 17.5 Å². The molecule has 0 bridgehead atoms. The molecule has 4 nitrogen and oxygen atoms in total. The number of carbonyl (C=O) groups is 1. The Hall–Kier alpha value is -1.81. The minimum atomic E-state index is -0.108. The average Bonchev–Trinajstić information content (AvgIpc) is 2.66. The van der Waals surface area contributed by atoms with Crippen molar-refractivity contribution in [1.29, 1.82) is 0 Å². The minimum absolute atomic E-state index is 0.108. The molecule has 88 valence electrons. The van der Waals surface area contributed by atoms with Gasteiger partial charge in [0.05, 0.1) is 12.2 Å². The number of halogens is 1. The summed E-state index contributed by atoms with van der Waals surface area (Å²) in [5.74, 6) is -0.108. The zero-order chi connectivity index (χ0) is 12.3. The SMILES string of the molecule is Cn1nc(Cl)cc1CNC(=O)c1ccccc1. The summed E-state index contributed by atoms with van der Waals surface area (Å²) in [5.41, 5.74) is 1.50. The zero-order valence-electron chi connectivity index (χ0n) is 9.35. The monoisotopic (exact) mass is 249 g/mol. The predicted molar refractivity (Wildman–Crippen MR) is 65.8 cm³/mol. The molecular weight excluding hydrogens is 238 g/mol. The molecule has 1 aromatic heterocycles. The minimum Gasteiger partial charge on any atom is -0.346 e. The van der Waals surface area contributed by atoms with E-state index < -0.39 is 0 Å². The zero-order valence-corrected chi connectivity index (χ0v) is 10.1. The second-order valence-corrected chi connectivity index (χ2v) is 4.02. The fourth-order valence-corrected chi connectivity index (χ4v) is 1.73. The number of rotatable bonds is 3. The third-order valence-corrected chi connectivity index (χ3v) is 2.60. The first-order valence-corrected chi connectivity index (χ1v) is 5.56. The van der Waals surface area contributed by atoms with E-state index in [0.29, 0.717) is 17.3 Å². The summed E-state index contributed by atoms with van der Waals surface area (Å²) >= 11 is 5.75. The van der Waals surface area contributed by atoms with Crippen LogP contribution in [0.25, 0.3) is 0 Å². The summed E-state index contributed by atoms with van der Waals surface area (Å²) in [6.45, 7) is 0.407. The first kappa shape index (κ1) is 11.7. The van der Waals surface area contributed by atoms with Crippen LogP contribution < -0.4 is 5.32 Å². The van der Waals surface area contributed by atoms with Gasteiger partial charge in [-0.3, -0.25) is 9.48 Å². The quantitative estimate of drug-likeness (QED) is 0.905. The van der Waals surface area contributed by atoms with E-state index in [1.807, 2.05) is 18.2 Å². The van der Waals surface area contributed by atoms with Crippen LogP contribution in [0.5, 0.6) is 0 Å². The summed E-state index contributed by atoms with van der Waals surface area (Å²) in [5, 5.41) is 7.23. The number of aromatic nitrogens is 2. The second kappa shape index (κ2) is 5.01. The molecule has 17 heavy (non-hydrogen) atoms. The van der Waals surface area contributed by atoms with Gasteiger partial charge >= 0.3 is 0 Å². The van der Waals surface area contributed by atoms with E-state index in [-0.39, 0.29) is 5.91 Å². The molecule has 0 spiro atoms. The maximum Gasteiger partial charge on any atom is 0.251 e. The Balaban J connectivity index is 1.99. The summed E-state index contributed by atoms with van der Waals surface area (Å²) < 4.78 is 1.65. The summed E-state index contributed by atoms with van der Waals surface area (Å²) in [6, 6.07) is 10.8. The molecule has 1 heterocycles. The van der Waals surface area contributed by atoms with Crippen LogP contribution in [0.2, 0.25) is 5.15 Å². The topological polar surface area (TPSA) is 46.9 Å². The molecule has 1 amide bonds. The highest BCUT2D eigenvalue weighted by Crippen LogP contribution is 2.08. The Kier molecular flexibility index (Phi) is 3.44. The lowest BCUT2D eigenvalue weighted by Gasteiger charge is -2.05. The Labute approximate surface area is 104 Å². The van der Waals surface area contributed by atoms with E-state index in [1.54, 1.807) is 29.9 Å². The van der Waals surface area contributed by atoms with Crippen molar-refractivity contribution in [3.63, 3.8) is 0 Å². The fraction of sp³-hybridized carbons (Fsp3) is 0.167. The lowest BCUT2D eigenvalue weighted by molar-refractivity contribution is 0.0950. The number of amides is 1. The van der Waals surface area contributed by atoms with Crippen molar-refractivity contribution < 1.29 is 4.79 Å². The van der Waals surface area contributed by atoms with E-state index in [1.165, 1.54) is 0 Å². The number of hydrogen-bond acceptors (Lipinski definition) is 2. The van der Waals surface area contributed by atoms with Crippen LogP contribution in [-0.4, -0.2) is 15.7 Å². The molecule has 0 radical (unpaired) electrons. The fourth-order valence-electron chi connectivity index (χ4n) is 1.50. The van der Waals surface area contributed by atoms with E-state index >= 15 is 0 Å². The number of nitrogens with one attached hydrogen (secondary N) is 1. The highest BCUT2D eigenvalue weighted by atomic mass is 35.5. The second-order valence-electron chi connectivity index (χ2n) is 3.63. The van der Waals surface area contributed by atoms with Gasteiger partial charge < -0.3 is 5.32 Å². The van der Waals surface area contributed by atoms with E-state index in [0.717, 1.165) is 5.69 Å². The number of nitrogens with zero attached hydrogens (tertiary/aromatic N) is 2. The third kappa shape index (κ3) is 2.85. The molecule has 1 aromatic carbocycles. The summed E-state index contributed by atoms with van der Waals surface area (Å²) in [4.78, 5) is 11.8. The molecule has 0 atom stereocenters. The van der Waals surface area contributed by atoms with Gasteiger partial charge in [-0.25, -0.2) is 0 Å². The van der Waals surface area contributed by atoms with Crippen LogP contribution in [0.4, 0.5) is 0 Å². The highest BCUT2D eigenvalue weighted by Gasteiger charge is 2.07. The average molecular weight is 250 g/mol. The largest absolute Gasteiger partial charge is 0.346 e. The van der Waals surface area contributed by atoms with Gasteiger partial charge in [0, 0.05) is 18.7 Å². The van der Waals surface area contributed by atoms with Crippen LogP contribution in [0, 0.1) is 0 Å². The van der Waals surface area contributed by atoms with E-state index in [9.17, 15) is 4.79 Å². The molecule has 0 aliphatic carbocycles. The van der Waals surface area contributed by atoms with Crippen LogP contribution in [0.3, 0.4) is 0 Å². The molecule has 0 aliphatic heterocycles. The van der Waals surface area contributed by atoms with Crippen LogP contribution in [0.1, 0.15) is 16.1 Å². The first-order valence-electron chi connectivity index (χ1n) is 5.18. The highest BCUT2D eigenvalue weighted by molar-refractivity contribution is 6.29. The maximum absolute atomic E-state index is 11.8. The van der Waals surface area contributed by atoms with E-state index in [4.69, 9.17) is 11.6 Å². The number of carbonyl (C=O) groups excluding carboxylic acids is 1. The molecular formula is C12H12ClN3O. The molecule has 0 fully saturated rings. The van der Waals surface area contributed by atoms with Gasteiger partial charge in [0.25, 0.3) is 5.91 Å². The van der Waals surface area contributed by atoms with Crippen molar-refractivity contribution in [3.05, 3.63) is 52.8 Å². The normalized spacial score (nSPS) is 10.2. The van der Waals surface area contributed by atoms with Gasteiger partial charge in [-0.1, -0.05) is 29.8 Å². The number of benzene rings is 1. The first-order chi connectivity index (χ1) is 8.16. The van der Waals surface area contributed by atoms with Crippen molar-refractivity contribution in [1.82, 2.24) is 15.1 Å². The van der Waals surface area contributed by atoms with Crippen molar-refractivity contribution in [2.45, 2.75) is 6.54 Å². The standard InChI is InChI=1S/C12H12ClN3O/c1-16-10(7-11(13)15-16)8-14-12(17)9-5-3-2-4-6-9/h2-7H,8H2,1H3,(H,14,17). The van der Waals surface area contributed by atoms with Crippen molar-refractivity contribution in [3.8, 4) is 0 Å². The third-order valence-electron chi connectivity index (χ3n) is 2.41. The lowest BCUT2D eigenvalue weighted by Crippen LogP contribution is -2.23. The Bertz CT molecular complexity index is 522. The molecule has 0 unspecified atom stereocenters. The Morgan fingerprint density at radius 3 is 2.71 bits per heavy atom. The molecule has 5 heteroatoms. The van der Waals surface area contributed by atoms with Crippen molar-refractivity contribution in [2.75, 3.05) is 0 Å². The van der Waals surface area contributed by atoms with Gasteiger partial charge in [-0.15, -0.1) is 0 Å². The van der Waals surface area contributed by atoms with E-state index in [2.05, 4.69) is 10.4 Å². The van der Waals surface area contributed by atoms with Gasteiger partial charge in [0.2, 0.25) is 0 Å². The van der Waals surface area contributed by atoms with Gasteiger partial charge in [0.1, 0.15) is 0 Å². The van der Waals surface area contributed by atoms with Gasteiger partial charge in [-0.05, 0) is 12.1 Å². The predicted octanol–water partition coefficient (Wildman–Crippen LogP) is 2.00. The van der Waals surface area contributed by atoms with Gasteiger partial charge in [-0.2, -0.15) is 5.10 Å². The molecule has 0 saturated heterocycles. The van der Waals surface area contributed by atoms with Gasteiger partial charge in [0.15, 0.2) is 5.15 Å². The smallest absolute Gasteiger partial charge is 0.251 e. The van der Waals surface area contributed by atoms with Crippen LogP contribution in [0.15, 0.2) is 36.4 Å². The van der Waals surface area contributed by atoms with Crippen molar-refractivity contribution in [2.24, 2.45) is 7.05 Å². The number of hydrogen-bond donors (Lipinski definition) is 1. The maximum atomic E-state index is 11.8. The summed E-state index contributed by atoms with van der Waals surface area (Å²) in [7, 11) is 1.79. The molecule has 2 aromatic rings. The van der Waals surface area contributed by atoms with Crippen LogP contribution >= 0.6 is 11.6 Å². The summed E-state index contributed by atoms with van der Waals surface area (Å²) in [6.07, 6.45) is 0. The Morgan fingerprint density at radius 1 is 1.41 bits per heavy atom. The Morgan fingerprint density at radius 2 is 2.12 bits per heavy atom. The lowest BCUT2D eigenvalue weighted by atomic mass is 10.2. The molecule has 0 aliphatic rings.